The second-order valence-corrected chi connectivity index (χ2v) is 9.88. The SMILES string of the molecule is O=C(c1ccc(Br)s1)N1CCN(c2nc3ccc(Br)cc3s2)CC1. The number of anilines is 1. The van der Waals surface area contributed by atoms with Gasteiger partial charge in [0, 0.05) is 30.7 Å². The first-order valence-electron chi connectivity index (χ1n) is 7.46. The van der Waals surface area contributed by atoms with Crippen molar-refractivity contribution in [3.63, 3.8) is 0 Å². The summed E-state index contributed by atoms with van der Waals surface area (Å²) >= 11 is 10.1. The van der Waals surface area contributed by atoms with Gasteiger partial charge in [0.2, 0.25) is 0 Å². The third-order valence-electron chi connectivity index (χ3n) is 3.96. The van der Waals surface area contributed by atoms with Crippen molar-refractivity contribution in [1.29, 1.82) is 0 Å². The number of aromatic nitrogens is 1. The molecule has 1 aliphatic heterocycles. The first-order valence-corrected chi connectivity index (χ1v) is 10.7. The monoisotopic (exact) mass is 485 g/mol. The van der Waals surface area contributed by atoms with Gasteiger partial charge >= 0.3 is 0 Å². The number of fused-ring (bicyclic) bond motifs is 1. The molecule has 0 atom stereocenters. The van der Waals surface area contributed by atoms with Crippen LogP contribution in [0.15, 0.2) is 38.6 Å². The minimum Gasteiger partial charge on any atom is -0.345 e. The van der Waals surface area contributed by atoms with Gasteiger partial charge in [0.05, 0.1) is 18.9 Å². The lowest BCUT2D eigenvalue weighted by molar-refractivity contribution is 0.0751. The van der Waals surface area contributed by atoms with Crippen molar-refractivity contribution in [3.8, 4) is 0 Å². The van der Waals surface area contributed by atoms with Gasteiger partial charge in [-0.25, -0.2) is 4.98 Å². The van der Waals surface area contributed by atoms with Crippen LogP contribution < -0.4 is 4.90 Å². The number of amides is 1. The molecule has 4 nitrogen and oxygen atoms in total. The third kappa shape index (κ3) is 3.24. The van der Waals surface area contributed by atoms with Crippen LogP contribution in [0.1, 0.15) is 9.67 Å². The smallest absolute Gasteiger partial charge is 0.264 e. The summed E-state index contributed by atoms with van der Waals surface area (Å²) in [5.74, 6) is 0.124. The molecule has 24 heavy (non-hydrogen) atoms. The number of rotatable bonds is 2. The van der Waals surface area contributed by atoms with E-state index in [4.69, 9.17) is 4.98 Å². The molecule has 1 aliphatic rings. The summed E-state index contributed by atoms with van der Waals surface area (Å²) in [5, 5.41) is 1.04. The van der Waals surface area contributed by atoms with E-state index in [-0.39, 0.29) is 5.91 Å². The number of hydrogen-bond acceptors (Lipinski definition) is 5. The van der Waals surface area contributed by atoms with Crippen molar-refractivity contribution in [1.82, 2.24) is 9.88 Å². The first kappa shape index (κ1) is 16.5. The molecule has 0 bridgehead atoms. The highest BCUT2D eigenvalue weighted by molar-refractivity contribution is 9.11. The number of carbonyl (C=O) groups is 1. The lowest BCUT2D eigenvalue weighted by atomic mass is 10.3. The molecule has 4 rings (SSSR count). The Kier molecular flexibility index (Phi) is 4.64. The molecule has 124 valence electrons. The van der Waals surface area contributed by atoms with Crippen LogP contribution in [0.25, 0.3) is 10.2 Å². The molecule has 0 radical (unpaired) electrons. The Balaban J connectivity index is 1.46. The molecular formula is C16H13Br2N3OS2. The fourth-order valence-electron chi connectivity index (χ4n) is 2.71. The maximum atomic E-state index is 12.5. The summed E-state index contributed by atoms with van der Waals surface area (Å²) in [5.41, 5.74) is 1.03. The standard InChI is InChI=1S/C16H13Br2N3OS2/c17-10-1-2-11-13(9-10)24-16(19-11)21-7-5-20(6-8-21)15(22)12-3-4-14(18)23-12/h1-4,9H,5-8H2. The van der Waals surface area contributed by atoms with E-state index in [9.17, 15) is 4.79 Å². The van der Waals surface area contributed by atoms with Crippen molar-refractivity contribution in [2.75, 3.05) is 31.1 Å². The number of nitrogens with zero attached hydrogens (tertiary/aromatic N) is 3. The van der Waals surface area contributed by atoms with Crippen LogP contribution in [0, 0.1) is 0 Å². The maximum absolute atomic E-state index is 12.5. The molecule has 3 aromatic rings. The van der Waals surface area contributed by atoms with E-state index < -0.39 is 0 Å². The second-order valence-electron chi connectivity index (χ2n) is 5.49. The molecule has 0 spiro atoms. The molecule has 0 aliphatic carbocycles. The van der Waals surface area contributed by atoms with Crippen molar-refractivity contribution < 1.29 is 4.79 Å². The Hall–Kier alpha value is -0.960. The van der Waals surface area contributed by atoms with Crippen LogP contribution in [0.4, 0.5) is 5.13 Å². The number of hydrogen-bond donors (Lipinski definition) is 0. The van der Waals surface area contributed by atoms with Gasteiger partial charge in [0.15, 0.2) is 5.13 Å². The maximum Gasteiger partial charge on any atom is 0.264 e. The Morgan fingerprint density at radius 1 is 1.04 bits per heavy atom. The lowest BCUT2D eigenvalue weighted by Crippen LogP contribution is -2.48. The van der Waals surface area contributed by atoms with Crippen molar-refractivity contribution in [3.05, 3.63) is 43.5 Å². The van der Waals surface area contributed by atoms with Gasteiger partial charge < -0.3 is 9.80 Å². The van der Waals surface area contributed by atoms with Gasteiger partial charge in [0.1, 0.15) is 0 Å². The fraction of sp³-hybridized carbons (Fsp3) is 0.250. The Morgan fingerprint density at radius 2 is 1.83 bits per heavy atom. The molecule has 0 unspecified atom stereocenters. The van der Waals surface area contributed by atoms with Gasteiger partial charge in [-0.05, 0) is 46.3 Å². The minimum atomic E-state index is 0.124. The predicted molar refractivity (Wildman–Crippen MR) is 107 cm³/mol. The molecule has 3 heterocycles. The van der Waals surface area contributed by atoms with E-state index in [1.165, 1.54) is 16.0 Å². The Bertz CT molecular complexity index is 900. The number of thiazole rings is 1. The summed E-state index contributed by atoms with van der Waals surface area (Å²) in [6, 6.07) is 9.96. The molecule has 1 aromatic carbocycles. The van der Waals surface area contributed by atoms with Gasteiger partial charge in [-0.2, -0.15) is 0 Å². The van der Waals surface area contributed by atoms with E-state index in [0.717, 1.165) is 50.0 Å². The number of piperazine rings is 1. The lowest BCUT2D eigenvalue weighted by Gasteiger charge is -2.34. The van der Waals surface area contributed by atoms with Crippen LogP contribution in [0.5, 0.6) is 0 Å². The summed E-state index contributed by atoms with van der Waals surface area (Å²) in [4.78, 5) is 22.2. The Morgan fingerprint density at radius 3 is 2.54 bits per heavy atom. The van der Waals surface area contributed by atoms with Crippen LogP contribution >= 0.6 is 54.5 Å². The molecule has 0 N–H and O–H groups in total. The van der Waals surface area contributed by atoms with Crippen LogP contribution in [0.2, 0.25) is 0 Å². The van der Waals surface area contributed by atoms with E-state index in [2.05, 4.69) is 42.8 Å². The molecule has 1 saturated heterocycles. The molecule has 8 heteroatoms. The van der Waals surface area contributed by atoms with Gasteiger partial charge in [-0.3, -0.25) is 4.79 Å². The number of thiophene rings is 1. The molecular weight excluding hydrogens is 474 g/mol. The van der Waals surface area contributed by atoms with E-state index in [1.54, 1.807) is 11.3 Å². The zero-order valence-corrected chi connectivity index (χ0v) is 17.3. The number of halogens is 2. The molecule has 0 saturated carbocycles. The third-order valence-corrected chi connectivity index (χ3v) is 7.14. The number of benzene rings is 1. The highest BCUT2D eigenvalue weighted by atomic mass is 79.9. The fourth-order valence-corrected chi connectivity index (χ4v) is 5.63. The highest BCUT2D eigenvalue weighted by Gasteiger charge is 2.24. The van der Waals surface area contributed by atoms with Crippen molar-refractivity contribution >= 4 is 75.8 Å². The predicted octanol–water partition coefficient (Wildman–Crippen LogP) is 4.85. The minimum absolute atomic E-state index is 0.124. The van der Waals surface area contributed by atoms with Crippen LogP contribution in [-0.4, -0.2) is 42.0 Å². The second kappa shape index (κ2) is 6.74. The molecule has 2 aromatic heterocycles. The number of carbonyl (C=O) groups excluding carboxylic acids is 1. The Labute approximate surface area is 164 Å². The quantitative estimate of drug-likeness (QED) is 0.519. The average molecular weight is 487 g/mol. The van der Waals surface area contributed by atoms with Crippen molar-refractivity contribution in [2.24, 2.45) is 0 Å². The molecule has 1 fully saturated rings. The van der Waals surface area contributed by atoms with Crippen LogP contribution in [0.3, 0.4) is 0 Å². The summed E-state index contributed by atoms with van der Waals surface area (Å²) in [6.45, 7) is 3.10. The topological polar surface area (TPSA) is 36.4 Å². The summed E-state index contributed by atoms with van der Waals surface area (Å²) in [6.07, 6.45) is 0. The average Bonchev–Trinajstić information content (AvgIpc) is 3.20. The molecule has 1 amide bonds. The zero-order chi connectivity index (χ0) is 16.7. The van der Waals surface area contributed by atoms with E-state index in [1.807, 2.05) is 29.2 Å². The normalized spacial score (nSPS) is 15.2. The van der Waals surface area contributed by atoms with Crippen LogP contribution in [-0.2, 0) is 0 Å². The summed E-state index contributed by atoms with van der Waals surface area (Å²) in [7, 11) is 0. The largest absolute Gasteiger partial charge is 0.345 e. The van der Waals surface area contributed by atoms with Gasteiger partial charge in [0.25, 0.3) is 5.91 Å². The van der Waals surface area contributed by atoms with Gasteiger partial charge in [-0.1, -0.05) is 27.3 Å². The highest BCUT2D eigenvalue weighted by Crippen LogP contribution is 2.31. The van der Waals surface area contributed by atoms with Crippen molar-refractivity contribution in [2.45, 2.75) is 0 Å². The zero-order valence-electron chi connectivity index (χ0n) is 12.5. The summed E-state index contributed by atoms with van der Waals surface area (Å²) < 4.78 is 3.24. The van der Waals surface area contributed by atoms with Gasteiger partial charge in [-0.15, -0.1) is 11.3 Å². The van der Waals surface area contributed by atoms with E-state index in [0.29, 0.717) is 0 Å². The first-order chi connectivity index (χ1) is 11.6. The van der Waals surface area contributed by atoms with E-state index >= 15 is 0 Å².